The number of hydrogen-bond acceptors (Lipinski definition) is 5. The van der Waals surface area contributed by atoms with E-state index < -0.39 is 12.1 Å². The van der Waals surface area contributed by atoms with Crippen molar-refractivity contribution in [1.82, 2.24) is 9.78 Å². The summed E-state index contributed by atoms with van der Waals surface area (Å²) in [5, 5.41) is 18.1. The average Bonchev–Trinajstić information content (AvgIpc) is 3.57. The second-order valence-electron chi connectivity index (χ2n) is 6.99. The molecule has 0 amide bonds. The number of nitrogens with zero attached hydrogens (tertiary/aromatic N) is 2. The van der Waals surface area contributed by atoms with E-state index in [4.69, 9.17) is 4.74 Å². The van der Waals surface area contributed by atoms with Crippen molar-refractivity contribution >= 4 is 27.6 Å². The Bertz CT molecular complexity index is 826. The first-order valence-corrected chi connectivity index (χ1v) is 11.2. The molecule has 0 spiro atoms. The fourth-order valence-corrected chi connectivity index (χ4v) is 3.26. The third-order valence-electron chi connectivity index (χ3n) is 4.55. The molecule has 1 aromatic carbocycles. The van der Waals surface area contributed by atoms with Crippen LogP contribution < -0.4 is 5.32 Å². The molecule has 1 aromatic heterocycles. The number of rotatable bonds is 8. The van der Waals surface area contributed by atoms with E-state index >= 15 is 0 Å². The zero-order valence-corrected chi connectivity index (χ0v) is 20.9. The molecule has 0 bridgehead atoms. The van der Waals surface area contributed by atoms with Gasteiger partial charge < -0.3 is 15.2 Å². The van der Waals surface area contributed by atoms with Crippen molar-refractivity contribution in [1.29, 1.82) is 0 Å². The van der Waals surface area contributed by atoms with Gasteiger partial charge in [-0.1, -0.05) is 15.9 Å². The molecule has 1 atom stereocenters. The average molecular weight is 552 g/mol. The van der Waals surface area contributed by atoms with Crippen LogP contribution in [-0.4, -0.2) is 40.1 Å². The van der Waals surface area contributed by atoms with E-state index in [2.05, 4.69) is 26.3 Å². The van der Waals surface area contributed by atoms with Crippen LogP contribution in [0.1, 0.15) is 23.1 Å². The summed E-state index contributed by atoms with van der Waals surface area (Å²) in [5.74, 6) is 0.470. The molecule has 33 heavy (non-hydrogen) atoms. The molecule has 1 heterocycles. The van der Waals surface area contributed by atoms with Crippen molar-refractivity contribution in [2.75, 3.05) is 18.5 Å². The predicted molar refractivity (Wildman–Crippen MR) is 128 cm³/mol. The molecule has 8 heteroatoms. The Balaban J connectivity index is 0.000000568. The quantitative estimate of drug-likeness (QED) is 0.382. The van der Waals surface area contributed by atoms with Gasteiger partial charge in [0, 0.05) is 22.6 Å². The maximum Gasteiger partial charge on any atom is 2.00 e. The van der Waals surface area contributed by atoms with E-state index in [-0.39, 0.29) is 30.2 Å². The number of nitrogens with one attached hydrogen (secondary N) is 1. The predicted octanol–water partition coefficient (Wildman–Crippen LogP) is 4.07. The van der Waals surface area contributed by atoms with Gasteiger partial charge in [-0.15, -0.1) is 0 Å². The fraction of sp³-hybridized carbons (Fsp3) is 0.200. The molecule has 2 aliphatic carbocycles. The van der Waals surface area contributed by atoms with E-state index in [1.807, 2.05) is 82.1 Å². The number of aliphatic hydroxyl groups excluding tert-OH is 1. The summed E-state index contributed by atoms with van der Waals surface area (Å²) >= 11 is 3.39. The summed E-state index contributed by atoms with van der Waals surface area (Å²) in [4.78, 5) is 12.3. The Kier molecular flexibility index (Phi) is 12.5. The van der Waals surface area contributed by atoms with Gasteiger partial charge in [0.15, 0.2) is 0 Å². The molecule has 2 aliphatic rings. The van der Waals surface area contributed by atoms with Gasteiger partial charge in [-0.3, -0.25) is 4.68 Å². The first-order chi connectivity index (χ1) is 15.6. The standard InChI is InChI=1S/C20H21BrN3O3.C5H5.Fe/c1-2-27-20(26)19-11-18(14-5-3-4-6-14)23-24(19)13-17(25)12-22-16-9-7-15(21)8-10-16;1-2-4-5-3-1;/h3-11,17,22,25H,2,12-13H2,1H3;1-5H;/q;;+2/t17-;;/m1../s1. The number of hydrogen-bond donors (Lipinski definition) is 2. The van der Waals surface area contributed by atoms with Crippen molar-refractivity contribution in [3.8, 4) is 0 Å². The summed E-state index contributed by atoms with van der Waals surface area (Å²) in [6.45, 7) is 2.55. The second-order valence-corrected chi connectivity index (χ2v) is 7.91. The maximum absolute atomic E-state index is 12.3. The number of aliphatic hydroxyl groups is 1. The minimum absolute atomic E-state index is 0. The number of ether oxygens (including phenoxy) is 1. The summed E-state index contributed by atoms with van der Waals surface area (Å²) in [6.07, 6.45) is 16.9. The molecule has 2 saturated carbocycles. The van der Waals surface area contributed by atoms with Crippen molar-refractivity contribution in [2.45, 2.75) is 19.6 Å². The Labute approximate surface area is 216 Å². The van der Waals surface area contributed by atoms with Crippen molar-refractivity contribution < 1.29 is 31.7 Å². The molecule has 0 aliphatic heterocycles. The van der Waals surface area contributed by atoms with Gasteiger partial charge in [0.1, 0.15) is 5.69 Å². The number of anilines is 1. The topological polar surface area (TPSA) is 76.4 Å². The fourth-order valence-electron chi connectivity index (χ4n) is 3.00. The molecule has 172 valence electrons. The van der Waals surface area contributed by atoms with Crippen LogP contribution in [-0.2, 0) is 28.4 Å². The molecule has 10 radical (unpaired) electrons. The van der Waals surface area contributed by atoms with Crippen molar-refractivity contribution in [3.05, 3.63) is 110 Å². The number of benzene rings is 1. The maximum atomic E-state index is 12.3. The summed E-state index contributed by atoms with van der Waals surface area (Å²) in [6, 6.07) is 9.38. The Morgan fingerprint density at radius 2 is 1.70 bits per heavy atom. The number of esters is 1. The minimum atomic E-state index is -0.728. The number of carbonyl (C=O) groups is 1. The first kappa shape index (κ1) is 27.9. The van der Waals surface area contributed by atoms with Gasteiger partial charge in [-0.2, -0.15) is 5.10 Å². The van der Waals surface area contributed by atoms with Crippen LogP contribution >= 0.6 is 15.9 Å². The van der Waals surface area contributed by atoms with Gasteiger partial charge in [-0.05, 0) is 95.0 Å². The molecule has 6 nitrogen and oxygen atoms in total. The number of halogens is 1. The van der Waals surface area contributed by atoms with Crippen LogP contribution in [0.15, 0.2) is 34.8 Å². The summed E-state index contributed by atoms with van der Waals surface area (Å²) < 4.78 is 7.62. The summed E-state index contributed by atoms with van der Waals surface area (Å²) in [5.41, 5.74) is 1.91. The molecule has 0 unspecified atom stereocenters. The number of carbonyl (C=O) groups excluding carboxylic acids is 1. The molecule has 4 rings (SSSR count). The zero-order chi connectivity index (χ0) is 22.8. The van der Waals surface area contributed by atoms with Gasteiger partial charge in [0.05, 0.1) is 24.9 Å². The Morgan fingerprint density at radius 3 is 2.27 bits per heavy atom. The monoisotopic (exact) mass is 551 g/mol. The third-order valence-corrected chi connectivity index (χ3v) is 5.08. The molecular weight excluding hydrogens is 526 g/mol. The normalized spacial score (nSPS) is 16.5. The van der Waals surface area contributed by atoms with E-state index in [9.17, 15) is 9.90 Å². The van der Waals surface area contributed by atoms with E-state index in [0.717, 1.165) is 16.1 Å². The molecule has 2 N–H and O–H groups in total. The molecular formula is C25H26BrFeN3O3+2. The van der Waals surface area contributed by atoms with Crippen LogP contribution in [0.25, 0.3) is 0 Å². The third kappa shape index (κ3) is 9.08. The summed E-state index contributed by atoms with van der Waals surface area (Å²) in [7, 11) is 0. The second kappa shape index (κ2) is 14.8. The van der Waals surface area contributed by atoms with Crippen molar-refractivity contribution in [2.24, 2.45) is 0 Å². The van der Waals surface area contributed by atoms with Crippen molar-refractivity contribution in [3.63, 3.8) is 0 Å². The van der Waals surface area contributed by atoms with Gasteiger partial charge in [-0.25, -0.2) is 4.79 Å². The Morgan fingerprint density at radius 1 is 1.09 bits per heavy atom. The van der Waals surface area contributed by atoms with Gasteiger partial charge in [0.2, 0.25) is 0 Å². The molecule has 0 saturated heterocycles. The van der Waals surface area contributed by atoms with Crippen LogP contribution in [0.3, 0.4) is 0 Å². The van der Waals surface area contributed by atoms with Crippen LogP contribution in [0.5, 0.6) is 0 Å². The largest absolute Gasteiger partial charge is 2.00 e. The smallest absolute Gasteiger partial charge is 0.461 e. The van der Waals surface area contributed by atoms with Crippen LogP contribution in [0, 0.1) is 63.7 Å². The SMILES string of the molecule is CCOC(=O)c1cc([C]2[CH][CH][CH][CH]2)nn1C[C@H](O)CNc1ccc(Br)cc1.[CH]1[CH][CH][CH][CH]1.[Fe+2]. The van der Waals surface area contributed by atoms with Gasteiger partial charge in [0.25, 0.3) is 0 Å². The van der Waals surface area contributed by atoms with E-state index in [0.29, 0.717) is 17.9 Å². The minimum Gasteiger partial charge on any atom is -0.461 e. The van der Waals surface area contributed by atoms with Crippen LogP contribution in [0.2, 0.25) is 0 Å². The van der Waals surface area contributed by atoms with E-state index in [1.54, 1.807) is 13.0 Å². The van der Waals surface area contributed by atoms with Gasteiger partial charge >= 0.3 is 23.0 Å². The number of aromatic nitrogens is 2. The Hall–Kier alpha value is -1.34. The first-order valence-electron chi connectivity index (χ1n) is 10.4. The molecule has 2 fully saturated rings. The van der Waals surface area contributed by atoms with Crippen LogP contribution in [0.4, 0.5) is 5.69 Å². The van der Waals surface area contributed by atoms with E-state index in [1.165, 1.54) is 4.68 Å². The zero-order valence-electron chi connectivity index (χ0n) is 18.2. The molecule has 2 aromatic rings.